The number of aryl methyl sites for hydroxylation is 2. The first-order valence-electron chi connectivity index (χ1n) is 8.55. The molecule has 0 fully saturated rings. The SMILES string of the molecule is Cc1ccc(NC(=O)C(Cc2cccnc2)c2ccc(F)cc2)c(C)c1. The first-order chi connectivity index (χ1) is 12.5. The number of nitrogens with zero attached hydrogens (tertiary/aromatic N) is 1. The van der Waals surface area contributed by atoms with E-state index in [4.69, 9.17) is 0 Å². The smallest absolute Gasteiger partial charge is 0.232 e. The molecule has 1 unspecified atom stereocenters. The maximum atomic E-state index is 13.3. The van der Waals surface area contributed by atoms with Gasteiger partial charge in [-0.3, -0.25) is 9.78 Å². The van der Waals surface area contributed by atoms with E-state index >= 15 is 0 Å². The number of aromatic nitrogens is 1. The molecule has 1 N–H and O–H groups in total. The maximum absolute atomic E-state index is 13.3. The van der Waals surface area contributed by atoms with Gasteiger partial charge in [-0.15, -0.1) is 0 Å². The van der Waals surface area contributed by atoms with Gasteiger partial charge in [0, 0.05) is 18.1 Å². The Kier molecular flexibility index (Phi) is 5.42. The number of pyridine rings is 1. The average Bonchev–Trinajstić information content (AvgIpc) is 2.64. The molecule has 132 valence electrons. The van der Waals surface area contributed by atoms with E-state index in [0.29, 0.717) is 6.42 Å². The number of carbonyl (C=O) groups is 1. The number of halogens is 1. The number of benzene rings is 2. The number of rotatable bonds is 5. The minimum Gasteiger partial charge on any atom is -0.325 e. The number of amides is 1. The highest BCUT2D eigenvalue weighted by atomic mass is 19.1. The highest BCUT2D eigenvalue weighted by Crippen LogP contribution is 2.25. The molecule has 2 aromatic carbocycles. The van der Waals surface area contributed by atoms with Crippen LogP contribution in [-0.4, -0.2) is 10.9 Å². The monoisotopic (exact) mass is 348 g/mol. The zero-order chi connectivity index (χ0) is 18.5. The predicted molar refractivity (Wildman–Crippen MR) is 102 cm³/mol. The van der Waals surface area contributed by atoms with Crippen LogP contribution in [0.5, 0.6) is 0 Å². The van der Waals surface area contributed by atoms with Gasteiger partial charge in [0.2, 0.25) is 5.91 Å². The van der Waals surface area contributed by atoms with E-state index in [1.165, 1.54) is 12.1 Å². The van der Waals surface area contributed by atoms with Crippen molar-refractivity contribution >= 4 is 11.6 Å². The van der Waals surface area contributed by atoms with Crippen LogP contribution in [0.15, 0.2) is 67.0 Å². The number of hydrogen-bond acceptors (Lipinski definition) is 2. The Morgan fingerprint density at radius 2 is 1.88 bits per heavy atom. The molecule has 3 rings (SSSR count). The van der Waals surface area contributed by atoms with Crippen LogP contribution in [-0.2, 0) is 11.2 Å². The Labute approximate surface area is 152 Å². The Hall–Kier alpha value is -3.01. The Morgan fingerprint density at radius 1 is 1.12 bits per heavy atom. The molecule has 4 heteroatoms. The number of hydrogen-bond donors (Lipinski definition) is 1. The van der Waals surface area contributed by atoms with Gasteiger partial charge in [-0.25, -0.2) is 4.39 Å². The highest BCUT2D eigenvalue weighted by molar-refractivity contribution is 5.96. The lowest BCUT2D eigenvalue weighted by Crippen LogP contribution is -2.23. The molecule has 1 heterocycles. The summed E-state index contributed by atoms with van der Waals surface area (Å²) in [5.74, 6) is -0.864. The molecule has 0 saturated carbocycles. The van der Waals surface area contributed by atoms with Crippen LogP contribution in [0.25, 0.3) is 0 Å². The fourth-order valence-electron chi connectivity index (χ4n) is 2.99. The summed E-state index contributed by atoms with van der Waals surface area (Å²) in [5, 5.41) is 3.02. The normalized spacial score (nSPS) is 11.8. The van der Waals surface area contributed by atoms with Crippen molar-refractivity contribution in [3.05, 3.63) is 95.1 Å². The van der Waals surface area contributed by atoms with E-state index in [9.17, 15) is 9.18 Å². The predicted octanol–water partition coefficient (Wildman–Crippen LogP) is 4.80. The van der Waals surface area contributed by atoms with Gasteiger partial charge in [0.15, 0.2) is 0 Å². The molecular formula is C22H21FN2O. The van der Waals surface area contributed by atoms with Gasteiger partial charge in [-0.05, 0) is 61.2 Å². The maximum Gasteiger partial charge on any atom is 0.232 e. The number of anilines is 1. The summed E-state index contributed by atoms with van der Waals surface area (Å²) in [4.78, 5) is 17.1. The lowest BCUT2D eigenvalue weighted by molar-refractivity contribution is -0.117. The third-order valence-electron chi connectivity index (χ3n) is 4.39. The van der Waals surface area contributed by atoms with Gasteiger partial charge in [0.25, 0.3) is 0 Å². The molecular weight excluding hydrogens is 327 g/mol. The van der Waals surface area contributed by atoms with E-state index < -0.39 is 5.92 Å². The molecule has 26 heavy (non-hydrogen) atoms. The number of carbonyl (C=O) groups excluding carboxylic acids is 1. The Balaban J connectivity index is 1.88. The molecule has 0 aliphatic carbocycles. The Morgan fingerprint density at radius 3 is 2.54 bits per heavy atom. The lowest BCUT2D eigenvalue weighted by Gasteiger charge is -2.18. The van der Waals surface area contributed by atoms with Crippen molar-refractivity contribution in [2.45, 2.75) is 26.2 Å². The first-order valence-corrected chi connectivity index (χ1v) is 8.55. The molecule has 0 radical (unpaired) electrons. The summed E-state index contributed by atoms with van der Waals surface area (Å²) in [6, 6.07) is 15.8. The second kappa shape index (κ2) is 7.91. The lowest BCUT2D eigenvalue weighted by atomic mass is 9.91. The molecule has 0 bridgehead atoms. The van der Waals surface area contributed by atoms with Gasteiger partial charge >= 0.3 is 0 Å². The summed E-state index contributed by atoms with van der Waals surface area (Å²) in [6.07, 6.45) is 3.95. The van der Waals surface area contributed by atoms with E-state index in [1.807, 2.05) is 44.2 Å². The summed E-state index contributed by atoms with van der Waals surface area (Å²) >= 11 is 0. The fourth-order valence-corrected chi connectivity index (χ4v) is 2.99. The van der Waals surface area contributed by atoms with Crippen molar-refractivity contribution in [1.29, 1.82) is 0 Å². The minimum absolute atomic E-state index is 0.118. The molecule has 0 spiro atoms. The van der Waals surface area contributed by atoms with Crippen LogP contribution in [0, 0.1) is 19.7 Å². The van der Waals surface area contributed by atoms with Crippen molar-refractivity contribution < 1.29 is 9.18 Å². The van der Waals surface area contributed by atoms with E-state index in [1.54, 1.807) is 24.5 Å². The summed E-state index contributed by atoms with van der Waals surface area (Å²) in [6.45, 7) is 3.99. The van der Waals surface area contributed by atoms with Crippen molar-refractivity contribution in [1.82, 2.24) is 4.98 Å². The van der Waals surface area contributed by atoms with Gasteiger partial charge in [-0.1, -0.05) is 35.9 Å². The van der Waals surface area contributed by atoms with Gasteiger partial charge in [-0.2, -0.15) is 0 Å². The highest BCUT2D eigenvalue weighted by Gasteiger charge is 2.22. The molecule has 0 aliphatic heterocycles. The standard InChI is InChI=1S/C22H21FN2O/c1-15-5-10-21(16(2)12-15)25-22(26)20(13-17-4-3-11-24-14-17)18-6-8-19(23)9-7-18/h3-12,14,20H,13H2,1-2H3,(H,25,26). The van der Waals surface area contributed by atoms with Crippen molar-refractivity contribution in [2.24, 2.45) is 0 Å². The van der Waals surface area contributed by atoms with Crippen molar-refractivity contribution in [3.8, 4) is 0 Å². The van der Waals surface area contributed by atoms with Gasteiger partial charge < -0.3 is 5.32 Å². The molecule has 3 nitrogen and oxygen atoms in total. The first kappa shape index (κ1) is 17.8. The largest absolute Gasteiger partial charge is 0.325 e. The fraction of sp³-hybridized carbons (Fsp3) is 0.182. The molecule has 1 atom stereocenters. The van der Waals surface area contributed by atoms with Crippen LogP contribution in [0.1, 0.15) is 28.2 Å². The third kappa shape index (κ3) is 4.33. The van der Waals surface area contributed by atoms with E-state index in [-0.39, 0.29) is 11.7 Å². The molecule has 1 aromatic heterocycles. The van der Waals surface area contributed by atoms with Crippen LogP contribution < -0.4 is 5.32 Å². The zero-order valence-corrected chi connectivity index (χ0v) is 14.9. The third-order valence-corrected chi connectivity index (χ3v) is 4.39. The van der Waals surface area contributed by atoms with Gasteiger partial charge in [0.1, 0.15) is 5.82 Å². The van der Waals surface area contributed by atoms with Crippen LogP contribution in [0.3, 0.4) is 0 Å². The molecule has 0 aliphatic rings. The topological polar surface area (TPSA) is 42.0 Å². The summed E-state index contributed by atoms with van der Waals surface area (Å²) < 4.78 is 13.3. The van der Waals surface area contributed by atoms with Crippen LogP contribution in [0.4, 0.5) is 10.1 Å². The second-order valence-corrected chi connectivity index (χ2v) is 6.48. The summed E-state index contributed by atoms with van der Waals surface area (Å²) in [7, 11) is 0. The quantitative estimate of drug-likeness (QED) is 0.719. The van der Waals surface area contributed by atoms with Crippen LogP contribution in [0.2, 0.25) is 0 Å². The second-order valence-electron chi connectivity index (χ2n) is 6.48. The van der Waals surface area contributed by atoms with E-state index in [0.717, 1.165) is 27.9 Å². The molecule has 1 amide bonds. The summed E-state index contributed by atoms with van der Waals surface area (Å²) in [5.41, 5.74) is 4.68. The van der Waals surface area contributed by atoms with Crippen molar-refractivity contribution in [2.75, 3.05) is 5.32 Å². The zero-order valence-electron chi connectivity index (χ0n) is 14.9. The Bertz CT molecular complexity index is 892. The number of nitrogens with one attached hydrogen (secondary N) is 1. The molecule has 0 saturated heterocycles. The average molecular weight is 348 g/mol. The van der Waals surface area contributed by atoms with Crippen LogP contribution >= 0.6 is 0 Å². The van der Waals surface area contributed by atoms with Crippen molar-refractivity contribution in [3.63, 3.8) is 0 Å². The molecule has 3 aromatic rings. The van der Waals surface area contributed by atoms with E-state index in [2.05, 4.69) is 10.3 Å². The minimum atomic E-state index is -0.430. The van der Waals surface area contributed by atoms with Gasteiger partial charge in [0.05, 0.1) is 5.92 Å².